The van der Waals surface area contributed by atoms with Crippen LogP contribution in [-0.2, 0) is 0 Å². The van der Waals surface area contributed by atoms with E-state index in [2.05, 4.69) is 31.0 Å². The average Bonchev–Trinajstić information content (AvgIpc) is 3.08. The molecular weight excluding hydrogens is 365 g/mol. The zero-order valence-corrected chi connectivity index (χ0v) is 15.5. The van der Waals surface area contributed by atoms with Crippen LogP contribution in [0.3, 0.4) is 0 Å². The van der Waals surface area contributed by atoms with Crippen molar-refractivity contribution >= 4 is 28.9 Å². The number of rotatable bonds is 6. The number of methoxy groups -OCH3 is 1. The summed E-state index contributed by atoms with van der Waals surface area (Å²) in [6.45, 7) is 0. The van der Waals surface area contributed by atoms with Crippen LogP contribution in [0.25, 0.3) is 5.65 Å². The van der Waals surface area contributed by atoms with E-state index in [0.29, 0.717) is 28.5 Å². The third kappa shape index (κ3) is 3.28. The fourth-order valence-corrected chi connectivity index (χ4v) is 3.00. The van der Waals surface area contributed by atoms with E-state index in [1.807, 2.05) is 0 Å². The first kappa shape index (κ1) is 18.0. The van der Waals surface area contributed by atoms with Gasteiger partial charge in [-0.05, 0) is 19.3 Å². The molecule has 146 valence electrons. The number of hydrogen-bond acceptors (Lipinski definition) is 7. The summed E-state index contributed by atoms with van der Waals surface area (Å²) in [5, 5.41) is 13.3. The van der Waals surface area contributed by atoms with Crippen molar-refractivity contribution < 1.29 is 13.9 Å². The predicted molar refractivity (Wildman–Crippen MR) is 102 cm³/mol. The van der Waals surface area contributed by atoms with Crippen molar-refractivity contribution in [2.75, 3.05) is 24.8 Å². The van der Waals surface area contributed by atoms with Crippen molar-refractivity contribution in [1.29, 1.82) is 0 Å². The maximum Gasteiger partial charge on any atom is 0.256 e. The second-order valence-corrected chi connectivity index (χ2v) is 6.51. The van der Waals surface area contributed by atoms with Gasteiger partial charge in [-0.2, -0.15) is 9.61 Å². The Balaban J connectivity index is 1.72. The first-order valence-electron chi connectivity index (χ1n) is 8.93. The van der Waals surface area contributed by atoms with Gasteiger partial charge < -0.3 is 20.7 Å². The number of nitrogens with one attached hydrogen (secondary N) is 3. The summed E-state index contributed by atoms with van der Waals surface area (Å²) in [6.07, 6.45) is 5.66. The van der Waals surface area contributed by atoms with Crippen LogP contribution in [0, 0.1) is 5.82 Å². The number of aromatic nitrogens is 4. The number of amides is 1. The number of nitrogens with zero attached hydrogens (tertiary/aromatic N) is 4. The second-order valence-electron chi connectivity index (χ2n) is 6.51. The molecule has 0 spiro atoms. The first-order chi connectivity index (χ1) is 13.6. The van der Waals surface area contributed by atoms with Gasteiger partial charge in [-0.1, -0.05) is 0 Å². The molecule has 3 aromatic rings. The van der Waals surface area contributed by atoms with Crippen molar-refractivity contribution in [3.8, 4) is 5.88 Å². The Morgan fingerprint density at radius 3 is 2.82 bits per heavy atom. The molecule has 0 bridgehead atoms. The second kappa shape index (κ2) is 7.29. The number of halogens is 1. The van der Waals surface area contributed by atoms with Gasteiger partial charge in [0, 0.05) is 25.2 Å². The minimum Gasteiger partial charge on any atom is -0.480 e. The number of carbonyl (C=O) groups is 1. The highest BCUT2D eigenvalue weighted by Crippen LogP contribution is 2.27. The fraction of sp³-hybridized carbons (Fsp3) is 0.333. The molecule has 3 aromatic heterocycles. The highest BCUT2D eigenvalue weighted by Gasteiger charge is 2.23. The van der Waals surface area contributed by atoms with E-state index in [-0.39, 0.29) is 17.8 Å². The van der Waals surface area contributed by atoms with Gasteiger partial charge in [0.25, 0.3) is 5.91 Å². The minimum absolute atomic E-state index is 0.204. The van der Waals surface area contributed by atoms with Crippen LogP contribution in [0.1, 0.15) is 29.6 Å². The Bertz CT molecular complexity index is 1030. The van der Waals surface area contributed by atoms with Crippen molar-refractivity contribution in [3.05, 3.63) is 35.9 Å². The number of ether oxygens (including phenoxy) is 1. The lowest BCUT2D eigenvalue weighted by Crippen LogP contribution is -2.39. The van der Waals surface area contributed by atoms with Crippen molar-refractivity contribution in [1.82, 2.24) is 24.9 Å². The molecule has 1 fully saturated rings. The van der Waals surface area contributed by atoms with Crippen molar-refractivity contribution in [2.45, 2.75) is 25.3 Å². The van der Waals surface area contributed by atoms with E-state index in [4.69, 9.17) is 4.74 Å². The zero-order chi connectivity index (χ0) is 19.7. The van der Waals surface area contributed by atoms with Gasteiger partial charge in [0.1, 0.15) is 28.7 Å². The largest absolute Gasteiger partial charge is 0.480 e. The standard InChI is InChI=1S/C18H20FN7O2/c1-20-15-7-14(24-13-6-10(19)8-21-18(13)28-2)25-16-12(9-22-26(15)16)17(27)23-11-4-3-5-11/h6-9,11,20H,3-5H2,1-2H3,(H,23,27)(H,24,25). The van der Waals surface area contributed by atoms with Crippen LogP contribution in [-0.4, -0.2) is 45.7 Å². The number of hydrogen-bond donors (Lipinski definition) is 3. The van der Waals surface area contributed by atoms with Gasteiger partial charge in [-0.15, -0.1) is 0 Å². The van der Waals surface area contributed by atoms with E-state index in [1.54, 1.807) is 17.6 Å². The molecule has 4 rings (SSSR count). The van der Waals surface area contributed by atoms with Crippen LogP contribution >= 0.6 is 0 Å². The quantitative estimate of drug-likeness (QED) is 0.598. The molecule has 10 heteroatoms. The average molecular weight is 385 g/mol. The Hall–Kier alpha value is -3.43. The molecule has 1 aliphatic rings. The molecular formula is C18H20FN7O2. The van der Waals surface area contributed by atoms with Crippen molar-refractivity contribution in [2.24, 2.45) is 0 Å². The van der Waals surface area contributed by atoms with E-state index in [1.165, 1.54) is 19.4 Å². The van der Waals surface area contributed by atoms with E-state index < -0.39 is 5.82 Å². The third-order valence-electron chi connectivity index (χ3n) is 4.69. The molecule has 0 aliphatic heterocycles. The molecule has 0 unspecified atom stereocenters. The van der Waals surface area contributed by atoms with Crippen LogP contribution in [0.5, 0.6) is 5.88 Å². The normalized spacial score (nSPS) is 13.8. The summed E-state index contributed by atoms with van der Waals surface area (Å²) in [5.41, 5.74) is 1.08. The maximum absolute atomic E-state index is 13.6. The Morgan fingerprint density at radius 1 is 1.32 bits per heavy atom. The first-order valence-corrected chi connectivity index (χ1v) is 8.93. The van der Waals surface area contributed by atoms with Gasteiger partial charge in [-0.3, -0.25) is 4.79 Å². The van der Waals surface area contributed by atoms with Crippen LogP contribution in [0.2, 0.25) is 0 Å². The molecule has 0 atom stereocenters. The summed E-state index contributed by atoms with van der Waals surface area (Å²) in [5.74, 6) is 0.504. The summed E-state index contributed by atoms with van der Waals surface area (Å²) in [7, 11) is 3.18. The zero-order valence-electron chi connectivity index (χ0n) is 15.5. The molecule has 0 aromatic carbocycles. The lowest BCUT2D eigenvalue weighted by atomic mass is 9.93. The van der Waals surface area contributed by atoms with Gasteiger partial charge in [0.15, 0.2) is 5.65 Å². The fourth-order valence-electron chi connectivity index (χ4n) is 3.00. The van der Waals surface area contributed by atoms with Gasteiger partial charge >= 0.3 is 0 Å². The van der Waals surface area contributed by atoms with Crippen LogP contribution in [0.4, 0.5) is 21.7 Å². The maximum atomic E-state index is 13.6. The van der Waals surface area contributed by atoms with E-state index in [9.17, 15) is 9.18 Å². The van der Waals surface area contributed by atoms with E-state index in [0.717, 1.165) is 25.5 Å². The third-order valence-corrected chi connectivity index (χ3v) is 4.69. The Labute approximate surface area is 160 Å². The smallest absolute Gasteiger partial charge is 0.256 e. The highest BCUT2D eigenvalue weighted by atomic mass is 19.1. The van der Waals surface area contributed by atoms with E-state index >= 15 is 0 Å². The molecule has 0 radical (unpaired) electrons. The lowest BCUT2D eigenvalue weighted by molar-refractivity contribution is 0.0918. The molecule has 3 N–H and O–H groups in total. The molecule has 9 nitrogen and oxygen atoms in total. The summed E-state index contributed by atoms with van der Waals surface area (Å²) in [6, 6.07) is 3.16. The van der Waals surface area contributed by atoms with Gasteiger partial charge in [-0.25, -0.2) is 14.4 Å². The number of anilines is 3. The summed E-state index contributed by atoms with van der Waals surface area (Å²) >= 11 is 0. The Kier molecular flexibility index (Phi) is 4.68. The molecule has 1 aliphatic carbocycles. The highest BCUT2D eigenvalue weighted by molar-refractivity contribution is 6.00. The molecule has 28 heavy (non-hydrogen) atoms. The summed E-state index contributed by atoms with van der Waals surface area (Å²) in [4.78, 5) is 21.0. The number of fused-ring (bicyclic) bond motifs is 1. The van der Waals surface area contributed by atoms with Crippen molar-refractivity contribution in [3.63, 3.8) is 0 Å². The van der Waals surface area contributed by atoms with Crippen LogP contribution in [0.15, 0.2) is 24.5 Å². The summed E-state index contributed by atoms with van der Waals surface area (Å²) < 4.78 is 20.3. The Morgan fingerprint density at radius 2 is 2.14 bits per heavy atom. The van der Waals surface area contributed by atoms with Gasteiger partial charge in [0.2, 0.25) is 5.88 Å². The number of pyridine rings is 1. The topological polar surface area (TPSA) is 105 Å². The molecule has 0 saturated heterocycles. The molecule has 3 heterocycles. The van der Waals surface area contributed by atoms with Gasteiger partial charge in [0.05, 0.1) is 19.5 Å². The SMILES string of the molecule is CNc1cc(Nc2cc(F)cnc2OC)nc2c(C(=O)NC3CCC3)cnn12. The lowest BCUT2D eigenvalue weighted by Gasteiger charge is -2.26. The molecule has 1 amide bonds. The monoisotopic (exact) mass is 385 g/mol. The minimum atomic E-state index is -0.511. The predicted octanol–water partition coefficient (Wildman–Crippen LogP) is 2.34. The number of carbonyl (C=O) groups excluding carboxylic acids is 1. The molecule has 1 saturated carbocycles. The van der Waals surface area contributed by atoms with Crippen LogP contribution < -0.4 is 20.7 Å².